The van der Waals surface area contributed by atoms with E-state index in [2.05, 4.69) is 31.1 Å². The Kier molecular flexibility index (Phi) is 4.11. The third-order valence-electron chi connectivity index (χ3n) is 4.33. The van der Waals surface area contributed by atoms with Crippen LogP contribution in [-0.4, -0.2) is 28.1 Å². The minimum atomic E-state index is -0.237. The Morgan fingerprint density at radius 1 is 1.43 bits per heavy atom. The fourth-order valence-electron chi connectivity index (χ4n) is 2.79. The number of amides is 1. The molecule has 0 unspecified atom stereocenters. The van der Waals surface area contributed by atoms with Crippen molar-refractivity contribution >= 4 is 5.91 Å². The maximum atomic E-state index is 12.8. The fourth-order valence-corrected chi connectivity index (χ4v) is 2.79. The van der Waals surface area contributed by atoms with Crippen molar-refractivity contribution in [3.05, 3.63) is 48.5 Å². The van der Waals surface area contributed by atoms with Gasteiger partial charge in [-0.05, 0) is 11.5 Å². The standard InChI is InChI=1S/C18H23N3O2/c1-18(2,3)16(10-21-9-8-19-12-21)20-17(22)14-11-23-15-7-5-4-6-13(14)15/h4-9,12,14,16H,10-11H2,1-3H3,(H,20,22)/t14-,16-/m0/s1. The van der Waals surface area contributed by atoms with E-state index in [4.69, 9.17) is 4.74 Å². The number of hydrogen-bond acceptors (Lipinski definition) is 3. The van der Waals surface area contributed by atoms with Crippen LogP contribution in [-0.2, 0) is 11.3 Å². The molecule has 5 heteroatoms. The van der Waals surface area contributed by atoms with Crippen molar-refractivity contribution in [3.8, 4) is 5.75 Å². The summed E-state index contributed by atoms with van der Waals surface area (Å²) in [6.07, 6.45) is 5.44. The smallest absolute Gasteiger partial charge is 0.231 e. The zero-order valence-electron chi connectivity index (χ0n) is 13.8. The Hall–Kier alpha value is -2.30. The molecule has 0 saturated carbocycles. The number of carbonyl (C=O) groups excluding carboxylic acids is 1. The Bertz CT molecular complexity index is 674. The maximum absolute atomic E-state index is 12.8. The minimum absolute atomic E-state index is 0.0111. The molecule has 2 aromatic rings. The molecule has 23 heavy (non-hydrogen) atoms. The Labute approximate surface area is 136 Å². The number of nitrogens with zero attached hydrogens (tertiary/aromatic N) is 2. The Morgan fingerprint density at radius 2 is 2.22 bits per heavy atom. The van der Waals surface area contributed by atoms with Crippen LogP contribution in [0.15, 0.2) is 43.0 Å². The number of ether oxygens (including phenoxy) is 1. The third kappa shape index (κ3) is 3.38. The first-order valence-electron chi connectivity index (χ1n) is 7.93. The van der Waals surface area contributed by atoms with Gasteiger partial charge in [0.25, 0.3) is 0 Å². The van der Waals surface area contributed by atoms with Gasteiger partial charge >= 0.3 is 0 Å². The van der Waals surface area contributed by atoms with Crippen LogP contribution in [0.1, 0.15) is 32.3 Å². The number of nitrogens with one attached hydrogen (secondary N) is 1. The normalized spacial score (nSPS) is 18.1. The van der Waals surface area contributed by atoms with Gasteiger partial charge in [0.05, 0.1) is 12.4 Å². The number of aromatic nitrogens is 2. The highest BCUT2D eigenvalue weighted by atomic mass is 16.5. The number of carbonyl (C=O) groups is 1. The number of imidazole rings is 1. The second-order valence-corrected chi connectivity index (χ2v) is 7.09. The van der Waals surface area contributed by atoms with E-state index in [1.807, 2.05) is 35.0 Å². The van der Waals surface area contributed by atoms with Crippen molar-refractivity contribution in [2.45, 2.75) is 39.3 Å². The molecule has 2 heterocycles. The molecular weight excluding hydrogens is 290 g/mol. The molecule has 1 aliphatic rings. The predicted octanol–water partition coefficient (Wildman–Crippen LogP) is 2.59. The first-order valence-corrected chi connectivity index (χ1v) is 7.93. The summed E-state index contributed by atoms with van der Waals surface area (Å²) in [6, 6.07) is 7.76. The zero-order valence-corrected chi connectivity index (χ0v) is 13.8. The molecule has 1 aliphatic heterocycles. The lowest BCUT2D eigenvalue weighted by atomic mass is 9.86. The molecule has 2 atom stereocenters. The number of fused-ring (bicyclic) bond motifs is 1. The van der Waals surface area contributed by atoms with E-state index < -0.39 is 0 Å². The average molecular weight is 313 g/mol. The number of benzene rings is 1. The lowest BCUT2D eigenvalue weighted by Gasteiger charge is -2.32. The van der Waals surface area contributed by atoms with Crippen LogP contribution in [0.25, 0.3) is 0 Å². The molecule has 122 valence electrons. The summed E-state index contributed by atoms with van der Waals surface area (Å²) in [5.74, 6) is 0.600. The van der Waals surface area contributed by atoms with Gasteiger partial charge in [0, 0.05) is 24.5 Å². The van der Waals surface area contributed by atoms with Crippen molar-refractivity contribution in [2.75, 3.05) is 6.61 Å². The number of rotatable bonds is 4. The van der Waals surface area contributed by atoms with Gasteiger partial charge in [0.2, 0.25) is 5.91 Å². The van der Waals surface area contributed by atoms with Crippen molar-refractivity contribution < 1.29 is 9.53 Å². The third-order valence-corrected chi connectivity index (χ3v) is 4.33. The molecule has 5 nitrogen and oxygen atoms in total. The Balaban J connectivity index is 1.74. The van der Waals surface area contributed by atoms with Gasteiger partial charge < -0.3 is 14.6 Å². The topological polar surface area (TPSA) is 56.2 Å². The lowest BCUT2D eigenvalue weighted by molar-refractivity contribution is -0.124. The largest absolute Gasteiger partial charge is 0.492 e. The zero-order chi connectivity index (χ0) is 16.4. The molecule has 0 bridgehead atoms. The van der Waals surface area contributed by atoms with E-state index in [0.717, 1.165) is 11.3 Å². The maximum Gasteiger partial charge on any atom is 0.231 e. The van der Waals surface area contributed by atoms with Crippen molar-refractivity contribution in [2.24, 2.45) is 5.41 Å². The van der Waals surface area contributed by atoms with E-state index in [-0.39, 0.29) is 23.3 Å². The summed E-state index contributed by atoms with van der Waals surface area (Å²) in [5.41, 5.74) is 0.916. The van der Waals surface area contributed by atoms with Crippen molar-refractivity contribution in [3.63, 3.8) is 0 Å². The highest BCUT2D eigenvalue weighted by molar-refractivity contribution is 5.85. The highest BCUT2D eigenvalue weighted by Gasteiger charge is 2.34. The summed E-state index contributed by atoms with van der Waals surface area (Å²) in [4.78, 5) is 16.9. The van der Waals surface area contributed by atoms with E-state index >= 15 is 0 Å². The van der Waals surface area contributed by atoms with Gasteiger partial charge in [-0.1, -0.05) is 39.0 Å². The van der Waals surface area contributed by atoms with Gasteiger partial charge in [-0.2, -0.15) is 0 Å². The summed E-state index contributed by atoms with van der Waals surface area (Å²) in [7, 11) is 0. The quantitative estimate of drug-likeness (QED) is 0.944. The molecule has 0 saturated heterocycles. The monoisotopic (exact) mass is 313 g/mol. The van der Waals surface area contributed by atoms with E-state index in [1.165, 1.54) is 0 Å². The minimum Gasteiger partial charge on any atom is -0.492 e. The van der Waals surface area contributed by atoms with Gasteiger partial charge in [-0.15, -0.1) is 0 Å². The Morgan fingerprint density at radius 3 is 2.91 bits per heavy atom. The molecule has 0 fully saturated rings. The van der Waals surface area contributed by atoms with Crippen LogP contribution in [0.2, 0.25) is 0 Å². The molecule has 3 rings (SSSR count). The van der Waals surface area contributed by atoms with Crippen LogP contribution in [0.4, 0.5) is 0 Å². The molecule has 1 amide bonds. The van der Waals surface area contributed by atoms with Crippen LogP contribution in [0.5, 0.6) is 5.75 Å². The van der Waals surface area contributed by atoms with Crippen molar-refractivity contribution in [1.29, 1.82) is 0 Å². The van der Waals surface area contributed by atoms with Gasteiger partial charge in [0.15, 0.2) is 0 Å². The van der Waals surface area contributed by atoms with Crippen LogP contribution in [0.3, 0.4) is 0 Å². The van der Waals surface area contributed by atoms with Gasteiger partial charge in [-0.25, -0.2) is 4.98 Å². The van der Waals surface area contributed by atoms with Crippen LogP contribution < -0.4 is 10.1 Å². The summed E-state index contributed by atoms with van der Waals surface area (Å²) in [5, 5.41) is 3.21. The molecule has 0 radical (unpaired) electrons. The average Bonchev–Trinajstić information content (AvgIpc) is 3.14. The van der Waals surface area contributed by atoms with Crippen molar-refractivity contribution in [1.82, 2.24) is 14.9 Å². The molecular formula is C18H23N3O2. The summed E-state index contributed by atoms with van der Waals surface area (Å²) < 4.78 is 7.62. The molecule has 0 aliphatic carbocycles. The summed E-state index contributed by atoms with van der Waals surface area (Å²) in [6.45, 7) is 7.51. The molecule has 1 aromatic carbocycles. The first-order chi connectivity index (χ1) is 10.9. The van der Waals surface area contributed by atoms with E-state index in [9.17, 15) is 4.79 Å². The second-order valence-electron chi connectivity index (χ2n) is 7.09. The molecule has 1 N–H and O–H groups in total. The summed E-state index contributed by atoms with van der Waals surface area (Å²) >= 11 is 0. The van der Waals surface area contributed by atoms with Crippen LogP contribution in [0, 0.1) is 5.41 Å². The van der Waals surface area contributed by atoms with Gasteiger partial charge in [-0.3, -0.25) is 4.79 Å². The number of para-hydroxylation sites is 1. The second kappa shape index (κ2) is 6.07. The van der Waals surface area contributed by atoms with Crippen LogP contribution >= 0.6 is 0 Å². The lowest BCUT2D eigenvalue weighted by Crippen LogP contribution is -2.48. The SMILES string of the molecule is CC(C)(C)[C@H](Cn1ccnc1)NC(=O)[C@H]1COc2ccccc21. The van der Waals surface area contributed by atoms with Gasteiger partial charge in [0.1, 0.15) is 18.3 Å². The molecule has 1 aromatic heterocycles. The molecule has 0 spiro atoms. The number of hydrogen-bond donors (Lipinski definition) is 1. The first kappa shape index (κ1) is 15.6. The van der Waals surface area contributed by atoms with E-state index in [0.29, 0.717) is 13.2 Å². The fraction of sp³-hybridized carbons (Fsp3) is 0.444. The highest BCUT2D eigenvalue weighted by Crippen LogP contribution is 2.34. The predicted molar refractivity (Wildman–Crippen MR) is 88.3 cm³/mol. The van der Waals surface area contributed by atoms with E-state index in [1.54, 1.807) is 12.5 Å².